The van der Waals surface area contributed by atoms with Gasteiger partial charge in [-0.05, 0) is 38.3 Å². The second kappa shape index (κ2) is 4.37. The number of rotatable bonds is 3. The van der Waals surface area contributed by atoms with E-state index in [2.05, 4.69) is 70.8 Å². The van der Waals surface area contributed by atoms with Gasteiger partial charge in [0.25, 0.3) is 0 Å². The Balaban J connectivity index is 1.48. The lowest BCUT2D eigenvalue weighted by molar-refractivity contribution is -0.165. The van der Waals surface area contributed by atoms with E-state index < -0.39 is 0 Å². The number of para-hydroxylation sites is 1. The van der Waals surface area contributed by atoms with E-state index in [9.17, 15) is 0 Å². The van der Waals surface area contributed by atoms with Crippen molar-refractivity contribution in [2.75, 3.05) is 4.90 Å². The zero-order valence-electron chi connectivity index (χ0n) is 14.1. The second-order valence-corrected chi connectivity index (χ2v) is 7.81. The zero-order chi connectivity index (χ0) is 15.8. The number of nitrogens with zero attached hydrogens (tertiary/aromatic N) is 4. The normalized spacial score (nSPS) is 34.3. The van der Waals surface area contributed by atoms with E-state index in [0.717, 1.165) is 17.9 Å². The molecule has 4 heteroatoms. The number of aryl methyl sites for hydroxylation is 1. The standard InChI is InChI=1S/C19H24N4/c1-12(2)18-21-20-13(3)22(18)16-11-17-19(16)10-9-15(19)23(17)14-7-5-4-6-8-14/h4-8,12,15-17H,9-11H2,1-3H3/t15-,16?,17?,19?/m0/s1. The molecule has 2 heterocycles. The first-order chi connectivity index (χ1) is 11.1. The van der Waals surface area contributed by atoms with E-state index in [1.165, 1.54) is 30.8 Å². The number of hydrogen-bond acceptors (Lipinski definition) is 3. The summed E-state index contributed by atoms with van der Waals surface area (Å²) in [5, 5.41) is 8.84. The highest BCUT2D eigenvalue weighted by molar-refractivity contribution is 5.58. The first-order valence-corrected chi connectivity index (χ1v) is 8.89. The zero-order valence-corrected chi connectivity index (χ0v) is 14.1. The van der Waals surface area contributed by atoms with Crippen LogP contribution < -0.4 is 4.90 Å². The quantitative estimate of drug-likeness (QED) is 0.867. The summed E-state index contributed by atoms with van der Waals surface area (Å²) < 4.78 is 2.47. The molecule has 0 N–H and O–H groups in total. The molecular formula is C19H24N4. The largest absolute Gasteiger partial charge is 0.364 e. The molecular weight excluding hydrogens is 284 g/mol. The molecule has 0 bridgehead atoms. The lowest BCUT2D eigenvalue weighted by Crippen LogP contribution is -2.85. The van der Waals surface area contributed by atoms with Crippen LogP contribution in [-0.4, -0.2) is 26.8 Å². The van der Waals surface area contributed by atoms with Crippen LogP contribution >= 0.6 is 0 Å². The van der Waals surface area contributed by atoms with Gasteiger partial charge in [0.2, 0.25) is 0 Å². The maximum atomic E-state index is 4.46. The van der Waals surface area contributed by atoms with E-state index in [1.807, 2.05) is 0 Å². The molecule has 1 saturated heterocycles. The van der Waals surface area contributed by atoms with Crippen molar-refractivity contribution in [3.63, 3.8) is 0 Å². The van der Waals surface area contributed by atoms with Crippen LogP contribution in [0.5, 0.6) is 0 Å². The van der Waals surface area contributed by atoms with Crippen LogP contribution in [0.2, 0.25) is 0 Å². The number of anilines is 1. The van der Waals surface area contributed by atoms with Gasteiger partial charge in [0, 0.05) is 35.1 Å². The average Bonchev–Trinajstić information content (AvgIpc) is 2.87. The number of aromatic nitrogens is 3. The molecule has 2 aliphatic carbocycles. The van der Waals surface area contributed by atoms with Gasteiger partial charge < -0.3 is 9.47 Å². The summed E-state index contributed by atoms with van der Waals surface area (Å²) in [6, 6.07) is 13.0. The average molecular weight is 308 g/mol. The summed E-state index contributed by atoms with van der Waals surface area (Å²) >= 11 is 0. The molecule has 120 valence electrons. The number of hydrogen-bond donors (Lipinski definition) is 0. The van der Waals surface area contributed by atoms with E-state index in [4.69, 9.17) is 0 Å². The Morgan fingerprint density at radius 3 is 2.48 bits per heavy atom. The Morgan fingerprint density at radius 1 is 1.09 bits per heavy atom. The van der Waals surface area contributed by atoms with Gasteiger partial charge in [0.15, 0.2) is 0 Å². The Kier molecular flexibility index (Phi) is 2.58. The van der Waals surface area contributed by atoms with Crippen molar-refractivity contribution >= 4 is 5.69 Å². The monoisotopic (exact) mass is 308 g/mol. The second-order valence-electron chi connectivity index (χ2n) is 7.81. The maximum absolute atomic E-state index is 4.46. The summed E-state index contributed by atoms with van der Waals surface area (Å²) in [6.45, 7) is 6.57. The molecule has 4 atom stereocenters. The van der Waals surface area contributed by atoms with E-state index in [-0.39, 0.29) is 0 Å². The molecule has 4 nitrogen and oxygen atoms in total. The smallest absolute Gasteiger partial charge is 0.135 e. The van der Waals surface area contributed by atoms with Gasteiger partial charge in [-0.15, -0.1) is 10.2 Å². The highest BCUT2D eigenvalue weighted by atomic mass is 15.4. The van der Waals surface area contributed by atoms with Crippen molar-refractivity contribution in [1.82, 2.24) is 14.8 Å². The molecule has 1 aromatic carbocycles. The van der Waals surface area contributed by atoms with Crippen molar-refractivity contribution < 1.29 is 0 Å². The van der Waals surface area contributed by atoms with Gasteiger partial charge in [-0.25, -0.2) is 0 Å². The van der Waals surface area contributed by atoms with Gasteiger partial charge in [0.1, 0.15) is 11.6 Å². The number of piperidine rings is 2. The van der Waals surface area contributed by atoms with Crippen molar-refractivity contribution in [1.29, 1.82) is 0 Å². The SMILES string of the molecule is Cc1nnc(C(C)C)n1C1CC2N(c3ccccc3)[C@H]3CCC213. The van der Waals surface area contributed by atoms with Crippen LogP contribution in [0.15, 0.2) is 30.3 Å². The van der Waals surface area contributed by atoms with Gasteiger partial charge in [-0.3, -0.25) is 0 Å². The minimum atomic E-state index is 0.440. The fourth-order valence-electron chi connectivity index (χ4n) is 5.47. The van der Waals surface area contributed by atoms with Crippen molar-refractivity contribution in [2.24, 2.45) is 5.41 Å². The molecule has 3 unspecified atom stereocenters. The third kappa shape index (κ3) is 1.47. The van der Waals surface area contributed by atoms with Crippen LogP contribution in [0.1, 0.15) is 56.7 Å². The molecule has 2 aromatic rings. The third-order valence-corrected chi connectivity index (χ3v) is 6.61. The van der Waals surface area contributed by atoms with E-state index in [1.54, 1.807) is 0 Å². The van der Waals surface area contributed by atoms with Crippen LogP contribution in [0.4, 0.5) is 5.69 Å². The Labute approximate surface area is 137 Å². The highest BCUT2D eigenvalue weighted by Gasteiger charge is 2.76. The molecule has 3 fully saturated rings. The molecule has 0 radical (unpaired) electrons. The molecule has 0 amide bonds. The van der Waals surface area contributed by atoms with Crippen molar-refractivity contribution in [2.45, 2.75) is 64.1 Å². The summed E-state index contributed by atoms with van der Waals surface area (Å²) in [5.41, 5.74) is 1.90. The van der Waals surface area contributed by atoms with Gasteiger partial charge in [0.05, 0.1) is 0 Å². The molecule has 5 rings (SSSR count). The summed E-state index contributed by atoms with van der Waals surface area (Å²) in [6.07, 6.45) is 3.94. The molecule has 1 spiro atoms. The van der Waals surface area contributed by atoms with Crippen LogP contribution in [0, 0.1) is 12.3 Å². The predicted octanol–water partition coefficient (Wildman–Crippen LogP) is 3.69. The van der Waals surface area contributed by atoms with Gasteiger partial charge >= 0.3 is 0 Å². The van der Waals surface area contributed by atoms with Crippen LogP contribution in [0.3, 0.4) is 0 Å². The summed E-state index contributed by atoms with van der Waals surface area (Å²) in [5.74, 6) is 2.70. The minimum absolute atomic E-state index is 0.440. The van der Waals surface area contributed by atoms with Crippen molar-refractivity contribution in [3.8, 4) is 0 Å². The van der Waals surface area contributed by atoms with Crippen LogP contribution in [0.25, 0.3) is 0 Å². The topological polar surface area (TPSA) is 34.0 Å². The minimum Gasteiger partial charge on any atom is -0.364 e. The van der Waals surface area contributed by atoms with Gasteiger partial charge in [-0.2, -0.15) is 0 Å². The summed E-state index contributed by atoms with van der Waals surface area (Å²) in [7, 11) is 0. The third-order valence-electron chi connectivity index (χ3n) is 6.61. The predicted molar refractivity (Wildman–Crippen MR) is 90.7 cm³/mol. The van der Waals surface area contributed by atoms with E-state index in [0.29, 0.717) is 17.4 Å². The first-order valence-electron chi connectivity index (χ1n) is 8.89. The number of benzene rings is 1. The summed E-state index contributed by atoms with van der Waals surface area (Å²) in [4.78, 5) is 2.68. The molecule has 1 aliphatic heterocycles. The molecule has 23 heavy (non-hydrogen) atoms. The lowest BCUT2D eigenvalue weighted by atomic mass is 9.40. The molecule has 2 saturated carbocycles. The van der Waals surface area contributed by atoms with E-state index >= 15 is 0 Å². The van der Waals surface area contributed by atoms with Crippen LogP contribution in [-0.2, 0) is 0 Å². The van der Waals surface area contributed by atoms with Crippen molar-refractivity contribution in [3.05, 3.63) is 42.0 Å². The first kappa shape index (κ1) is 13.6. The molecule has 1 aromatic heterocycles. The highest BCUT2D eigenvalue weighted by Crippen LogP contribution is 2.73. The fraction of sp³-hybridized carbons (Fsp3) is 0.579. The molecule has 3 aliphatic rings. The fourth-order valence-corrected chi connectivity index (χ4v) is 5.47. The maximum Gasteiger partial charge on any atom is 0.135 e. The Hall–Kier alpha value is -1.84. The van der Waals surface area contributed by atoms with Gasteiger partial charge in [-0.1, -0.05) is 32.0 Å². The Morgan fingerprint density at radius 2 is 1.87 bits per heavy atom. The Bertz CT molecular complexity index is 742. The lowest BCUT2D eigenvalue weighted by Gasteiger charge is -2.80.